The molecule has 0 N–H and O–H groups in total. The minimum absolute atomic E-state index is 0.0438. The van der Waals surface area contributed by atoms with E-state index in [4.69, 9.17) is 9.47 Å². The van der Waals surface area contributed by atoms with Gasteiger partial charge in [-0.25, -0.2) is 13.2 Å². The van der Waals surface area contributed by atoms with Crippen molar-refractivity contribution in [1.82, 2.24) is 4.98 Å². The molecule has 1 unspecified atom stereocenters. The van der Waals surface area contributed by atoms with Crippen LogP contribution in [-0.2, 0) is 11.2 Å². The van der Waals surface area contributed by atoms with E-state index in [0.717, 1.165) is 31.4 Å². The lowest BCUT2D eigenvalue weighted by Crippen LogP contribution is -2.14. The highest BCUT2D eigenvalue weighted by molar-refractivity contribution is 5.75. The molecule has 0 radical (unpaired) electrons. The Morgan fingerprint density at radius 2 is 1.94 bits per heavy atom. The molecule has 2 aromatic rings. The lowest BCUT2D eigenvalue weighted by Gasteiger charge is -2.16. The number of Topliss-reactive ketones (excluding diaryl/α,β-unsaturated/α-hetero) is 1. The zero-order valence-corrected chi connectivity index (χ0v) is 18.5. The topological polar surface area (TPSA) is 48.4 Å². The minimum atomic E-state index is -2.66. The maximum Gasteiger partial charge on any atom is 0.272 e. The molecule has 0 amide bonds. The van der Waals surface area contributed by atoms with Gasteiger partial charge in [-0.1, -0.05) is 19.1 Å². The number of rotatable bonds is 11. The monoisotopic (exact) mass is 449 g/mol. The molecule has 0 saturated heterocycles. The molecule has 4 nitrogen and oxygen atoms in total. The van der Waals surface area contributed by atoms with Crippen LogP contribution in [0.15, 0.2) is 36.5 Å². The lowest BCUT2D eigenvalue weighted by molar-refractivity contribution is -0.117. The quantitative estimate of drug-likeness (QED) is 0.414. The van der Waals surface area contributed by atoms with Gasteiger partial charge < -0.3 is 14.3 Å². The second kappa shape index (κ2) is 11.3. The third-order valence-corrected chi connectivity index (χ3v) is 5.95. The normalized spacial score (nSPS) is 19.2. The van der Waals surface area contributed by atoms with E-state index in [9.17, 15) is 18.0 Å². The van der Waals surface area contributed by atoms with Crippen molar-refractivity contribution in [2.75, 3.05) is 6.61 Å². The summed E-state index contributed by atoms with van der Waals surface area (Å²) in [5.41, 5.74) is 1.42. The highest BCUT2D eigenvalue weighted by Crippen LogP contribution is 2.33. The summed E-state index contributed by atoms with van der Waals surface area (Å²) in [4.78, 5) is 15.3. The van der Waals surface area contributed by atoms with E-state index in [1.54, 1.807) is 6.92 Å². The van der Waals surface area contributed by atoms with Gasteiger partial charge in [-0.15, -0.1) is 0 Å². The Labute approximate surface area is 187 Å². The molecule has 0 aliphatic heterocycles. The molecule has 1 aliphatic rings. The Balaban J connectivity index is 1.51. The summed E-state index contributed by atoms with van der Waals surface area (Å²) in [6.07, 6.45) is 3.14. The summed E-state index contributed by atoms with van der Waals surface area (Å²) >= 11 is 0. The zero-order valence-electron chi connectivity index (χ0n) is 18.5. The molecule has 1 aromatic carbocycles. The van der Waals surface area contributed by atoms with Crippen molar-refractivity contribution in [3.05, 3.63) is 53.6 Å². The van der Waals surface area contributed by atoms with Crippen LogP contribution in [0, 0.1) is 11.7 Å². The van der Waals surface area contributed by atoms with E-state index in [2.05, 4.69) is 11.9 Å². The van der Waals surface area contributed by atoms with Gasteiger partial charge in [-0.2, -0.15) is 0 Å². The van der Waals surface area contributed by atoms with Gasteiger partial charge in [0, 0.05) is 18.7 Å². The van der Waals surface area contributed by atoms with Gasteiger partial charge >= 0.3 is 0 Å². The summed E-state index contributed by atoms with van der Waals surface area (Å²) in [6, 6.07) is 9.26. The average molecular weight is 450 g/mol. The van der Waals surface area contributed by atoms with Gasteiger partial charge in [0.25, 0.3) is 6.43 Å². The summed E-state index contributed by atoms with van der Waals surface area (Å²) in [6.45, 7) is 2.88. The van der Waals surface area contributed by atoms with Crippen LogP contribution in [0.5, 0.6) is 11.5 Å². The SMILES string of the molecule is CC(=O)CC[C@@H](C)c1ccc(O[C@@H]2CCC(Cc3nccc(OCC(F)F)c3F)C2)cc1. The van der Waals surface area contributed by atoms with Crippen molar-refractivity contribution >= 4 is 5.78 Å². The van der Waals surface area contributed by atoms with Gasteiger partial charge in [0.05, 0.1) is 11.8 Å². The van der Waals surface area contributed by atoms with Crippen molar-refractivity contribution in [2.45, 2.75) is 70.8 Å². The number of halogens is 3. The molecule has 3 atom stereocenters. The van der Waals surface area contributed by atoms with Crippen molar-refractivity contribution in [1.29, 1.82) is 0 Å². The fourth-order valence-corrected chi connectivity index (χ4v) is 4.12. The lowest BCUT2D eigenvalue weighted by atomic mass is 9.95. The molecular formula is C25H30F3NO3. The van der Waals surface area contributed by atoms with Crippen LogP contribution >= 0.6 is 0 Å². The maximum atomic E-state index is 14.5. The molecule has 7 heteroatoms. The van der Waals surface area contributed by atoms with Crippen molar-refractivity contribution in [3.63, 3.8) is 0 Å². The zero-order chi connectivity index (χ0) is 23.1. The summed E-state index contributed by atoms with van der Waals surface area (Å²) in [5.74, 6) is 0.676. The highest BCUT2D eigenvalue weighted by Gasteiger charge is 2.28. The molecule has 1 saturated carbocycles. The Kier molecular flexibility index (Phi) is 8.53. The Morgan fingerprint density at radius 1 is 1.19 bits per heavy atom. The number of benzene rings is 1. The van der Waals surface area contributed by atoms with Gasteiger partial charge in [-0.05, 0) is 68.6 Å². The first-order valence-electron chi connectivity index (χ1n) is 11.1. The average Bonchev–Trinajstić information content (AvgIpc) is 3.19. The molecule has 174 valence electrons. The van der Waals surface area contributed by atoms with Crippen LogP contribution < -0.4 is 9.47 Å². The third-order valence-electron chi connectivity index (χ3n) is 5.95. The molecule has 1 aromatic heterocycles. The number of carbonyl (C=O) groups excluding carboxylic acids is 1. The van der Waals surface area contributed by atoms with E-state index < -0.39 is 18.8 Å². The molecule has 32 heavy (non-hydrogen) atoms. The first-order valence-corrected chi connectivity index (χ1v) is 11.1. The Morgan fingerprint density at radius 3 is 2.62 bits per heavy atom. The predicted octanol–water partition coefficient (Wildman–Crippen LogP) is 6.13. The third kappa shape index (κ3) is 6.97. The van der Waals surface area contributed by atoms with E-state index >= 15 is 0 Å². The number of hydrogen-bond acceptors (Lipinski definition) is 4. The van der Waals surface area contributed by atoms with Crippen molar-refractivity contribution < 1.29 is 27.4 Å². The molecule has 1 aliphatic carbocycles. The van der Waals surface area contributed by atoms with E-state index in [1.807, 2.05) is 24.3 Å². The standard InChI is InChI=1S/C25H30F3NO3/c1-16(3-4-17(2)30)19-6-9-20(10-7-19)32-21-8-5-18(13-21)14-22-25(28)23(11-12-29-22)31-15-24(26)27/h6-7,9-12,16,18,21,24H,3-5,8,13-15H2,1-2H3/t16-,18?,21-/m1/s1. The smallest absolute Gasteiger partial charge is 0.272 e. The molecule has 1 heterocycles. The fraction of sp³-hybridized carbons (Fsp3) is 0.520. The number of pyridine rings is 1. The molecule has 3 rings (SSSR count). The minimum Gasteiger partial charge on any atom is -0.490 e. The summed E-state index contributed by atoms with van der Waals surface area (Å²) < 4.78 is 50.2. The summed E-state index contributed by atoms with van der Waals surface area (Å²) in [7, 11) is 0. The van der Waals surface area contributed by atoms with Gasteiger partial charge in [0.1, 0.15) is 18.1 Å². The van der Waals surface area contributed by atoms with Gasteiger partial charge in [-0.3, -0.25) is 4.98 Å². The van der Waals surface area contributed by atoms with Crippen LogP contribution in [0.25, 0.3) is 0 Å². The van der Waals surface area contributed by atoms with Crippen LogP contribution in [0.1, 0.15) is 63.1 Å². The van der Waals surface area contributed by atoms with Crippen LogP contribution in [-0.4, -0.2) is 29.9 Å². The summed E-state index contributed by atoms with van der Waals surface area (Å²) in [5, 5.41) is 0. The molecule has 1 fully saturated rings. The number of carbonyl (C=O) groups is 1. The number of alkyl halides is 2. The Bertz CT molecular complexity index is 889. The van der Waals surface area contributed by atoms with Gasteiger partial charge in [0.15, 0.2) is 11.6 Å². The highest BCUT2D eigenvalue weighted by atomic mass is 19.3. The first kappa shape index (κ1) is 24.1. The van der Waals surface area contributed by atoms with Gasteiger partial charge in [0.2, 0.25) is 0 Å². The number of hydrogen-bond donors (Lipinski definition) is 0. The van der Waals surface area contributed by atoms with Crippen molar-refractivity contribution in [2.24, 2.45) is 5.92 Å². The van der Waals surface area contributed by atoms with Crippen molar-refractivity contribution in [3.8, 4) is 11.5 Å². The number of ether oxygens (including phenoxy) is 2. The fourth-order valence-electron chi connectivity index (χ4n) is 4.12. The molecule has 0 bridgehead atoms. The largest absolute Gasteiger partial charge is 0.490 e. The second-order valence-corrected chi connectivity index (χ2v) is 8.61. The maximum absolute atomic E-state index is 14.5. The predicted molar refractivity (Wildman–Crippen MR) is 116 cm³/mol. The number of nitrogens with zero attached hydrogens (tertiary/aromatic N) is 1. The van der Waals surface area contributed by atoms with Crippen LogP contribution in [0.4, 0.5) is 13.2 Å². The first-order chi connectivity index (χ1) is 15.3. The Hall–Kier alpha value is -2.57. The molecular weight excluding hydrogens is 419 g/mol. The van der Waals surface area contributed by atoms with E-state index in [1.165, 1.54) is 17.8 Å². The van der Waals surface area contributed by atoms with E-state index in [0.29, 0.717) is 18.8 Å². The number of aromatic nitrogens is 1. The second-order valence-electron chi connectivity index (χ2n) is 8.61. The molecule has 0 spiro atoms. The van der Waals surface area contributed by atoms with Crippen LogP contribution in [0.2, 0.25) is 0 Å². The number of ketones is 1. The van der Waals surface area contributed by atoms with Crippen LogP contribution in [0.3, 0.4) is 0 Å². The van der Waals surface area contributed by atoms with E-state index in [-0.39, 0.29) is 29.2 Å².